The monoisotopic (exact) mass is 246 g/mol. The van der Waals surface area contributed by atoms with Crippen molar-refractivity contribution in [3.8, 4) is 0 Å². The summed E-state index contributed by atoms with van der Waals surface area (Å²) in [5.74, 6) is 0. The van der Waals surface area contributed by atoms with Gasteiger partial charge in [0, 0.05) is 0 Å². The van der Waals surface area contributed by atoms with Crippen LogP contribution in [0, 0.1) is 16.2 Å². The molecule has 17 heavy (non-hydrogen) atoms. The van der Waals surface area contributed by atoms with Crippen LogP contribution in [0.1, 0.15) is 40.5 Å². The normalized spacial score (nSPS) is 12.6. The van der Waals surface area contributed by atoms with Crippen LogP contribution in [0.2, 0.25) is 0 Å². The third-order valence-electron chi connectivity index (χ3n) is 1.97. The third kappa shape index (κ3) is 20.7. The van der Waals surface area contributed by atoms with E-state index in [-0.39, 0.29) is 11.5 Å². The number of nitrogens with one attached hydrogen (secondary N) is 2. The zero-order chi connectivity index (χ0) is 14.5. The van der Waals surface area contributed by atoms with E-state index in [0.717, 1.165) is 12.2 Å². The molecule has 0 aromatic carbocycles. The summed E-state index contributed by atoms with van der Waals surface area (Å²) >= 11 is 0. The van der Waals surface area contributed by atoms with E-state index in [1.165, 1.54) is 0 Å². The molecule has 0 aliphatic heterocycles. The molecule has 0 saturated carbocycles. The van der Waals surface area contributed by atoms with Gasteiger partial charge in [-0.2, -0.15) is 0 Å². The second kappa shape index (κ2) is 12.7. The van der Waals surface area contributed by atoms with Crippen molar-refractivity contribution >= 4 is 12.2 Å². The van der Waals surface area contributed by atoms with Gasteiger partial charge >= 0.3 is 0 Å². The van der Waals surface area contributed by atoms with E-state index < -0.39 is 6.10 Å². The lowest BCUT2D eigenvalue weighted by atomic mass is 9.85. The Morgan fingerprint density at radius 2 is 1.41 bits per heavy atom. The maximum absolute atomic E-state index is 9.53. The summed E-state index contributed by atoms with van der Waals surface area (Å²) in [4.78, 5) is 16.7. The molecule has 0 amide bonds. The van der Waals surface area contributed by atoms with Crippen LogP contribution in [0.25, 0.3) is 0 Å². The fourth-order valence-corrected chi connectivity index (χ4v) is 0.778. The molecule has 0 heterocycles. The standard InChI is InChI=1S/C9H20O2.2CHNO/c1-5-7(10)6-8(11)9(2,3)4;2*2-1-3/h7-8,10-11H,5-6H2,1-4H3;2*2H. The van der Waals surface area contributed by atoms with Crippen molar-refractivity contribution in [2.75, 3.05) is 0 Å². The Morgan fingerprint density at radius 3 is 1.59 bits per heavy atom. The Kier molecular flexibility index (Phi) is 15.8. The van der Waals surface area contributed by atoms with Gasteiger partial charge in [-0.05, 0) is 18.3 Å². The van der Waals surface area contributed by atoms with Crippen LogP contribution < -0.4 is 0 Å². The fraction of sp³-hybridized carbons (Fsp3) is 0.818. The van der Waals surface area contributed by atoms with E-state index >= 15 is 0 Å². The molecule has 2 unspecified atom stereocenters. The van der Waals surface area contributed by atoms with Gasteiger partial charge < -0.3 is 10.2 Å². The summed E-state index contributed by atoms with van der Waals surface area (Å²) < 4.78 is 0. The summed E-state index contributed by atoms with van der Waals surface area (Å²) in [6, 6.07) is 0. The first-order valence-electron chi connectivity index (χ1n) is 5.15. The van der Waals surface area contributed by atoms with E-state index in [2.05, 4.69) is 0 Å². The molecular formula is C11H22N2O4. The highest BCUT2D eigenvalue weighted by Crippen LogP contribution is 2.23. The zero-order valence-electron chi connectivity index (χ0n) is 10.8. The van der Waals surface area contributed by atoms with Crippen LogP contribution in [-0.4, -0.2) is 34.6 Å². The zero-order valence-corrected chi connectivity index (χ0v) is 10.8. The Bertz CT molecular complexity index is 224. The molecule has 4 N–H and O–H groups in total. The second-order valence-electron chi connectivity index (χ2n) is 4.38. The maximum atomic E-state index is 9.53. The van der Waals surface area contributed by atoms with Crippen LogP contribution in [0.4, 0.5) is 0 Å². The average Bonchev–Trinajstić information content (AvgIpc) is 2.18. The van der Waals surface area contributed by atoms with Crippen molar-refractivity contribution in [1.29, 1.82) is 10.8 Å². The first-order valence-corrected chi connectivity index (χ1v) is 5.15. The molecule has 0 aliphatic rings. The van der Waals surface area contributed by atoms with E-state index in [4.69, 9.17) is 20.4 Å². The van der Waals surface area contributed by atoms with E-state index in [1.54, 1.807) is 0 Å². The molecule has 0 radical (unpaired) electrons. The molecule has 2 atom stereocenters. The molecule has 0 spiro atoms. The number of carbonyl (C=O) groups excluding carboxylic acids is 2. The Balaban J connectivity index is -0.000000273. The van der Waals surface area contributed by atoms with E-state index in [1.807, 2.05) is 27.7 Å². The lowest BCUT2D eigenvalue weighted by Crippen LogP contribution is -2.29. The molecule has 6 heteroatoms. The van der Waals surface area contributed by atoms with Crippen molar-refractivity contribution < 1.29 is 19.8 Å². The Hall–Kier alpha value is -1.32. The average molecular weight is 246 g/mol. The first-order chi connectivity index (χ1) is 7.70. The van der Waals surface area contributed by atoms with Gasteiger partial charge in [0.25, 0.3) is 0 Å². The highest BCUT2D eigenvalue weighted by molar-refractivity contribution is 5.26. The smallest absolute Gasteiger partial charge is 0.231 e. The predicted octanol–water partition coefficient (Wildman–Crippen LogP) is 1.36. The maximum Gasteiger partial charge on any atom is 0.231 e. The Morgan fingerprint density at radius 1 is 1.12 bits per heavy atom. The van der Waals surface area contributed by atoms with Crippen molar-refractivity contribution in [2.45, 2.75) is 52.7 Å². The number of aliphatic hydroxyl groups is 2. The van der Waals surface area contributed by atoms with Crippen LogP contribution in [0.15, 0.2) is 0 Å². The minimum Gasteiger partial charge on any atom is -0.393 e. The van der Waals surface area contributed by atoms with Gasteiger partial charge in [0.1, 0.15) is 0 Å². The molecule has 0 rings (SSSR count). The highest BCUT2D eigenvalue weighted by atomic mass is 16.3. The van der Waals surface area contributed by atoms with Crippen LogP contribution in [-0.2, 0) is 9.59 Å². The van der Waals surface area contributed by atoms with Crippen molar-refractivity contribution in [3.05, 3.63) is 0 Å². The number of hydrogen-bond acceptors (Lipinski definition) is 6. The molecular weight excluding hydrogens is 224 g/mol. The molecule has 100 valence electrons. The molecule has 0 aliphatic carbocycles. The van der Waals surface area contributed by atoms with Crippen molar-refractivity contribution in [3.63, 3.8) is 0 Å². The number of isocyanates is 2. The van der Waals surface area contributed by atoms with E-state index in [9.17, 15) is 10.2 Å². The van der Waals surface area contributed by atoms with Gasteiger partial charge in [0.2, 0.25) is 12.2 Å². The minimum absolute atomic E-state index is 0.115. The summed E-state index contributed by atoms with van der Waals surface area (Å²) in [5.41, 5.74) is -0.115. The lowest BCUT2D eigenvalue weighted by Gasteiger charge is -2.27. The topological polar surface area (TPSA) is 122 Å². The number of rotatable bonds is 3. The van der Waals surface area contributed by atoms with Crippen LogP contribution in [0.5, 0.6) is 0 Å². The summed E-state index contributed by atoms with van der Waals surface area (Å²) in [7, 11) is 0. The van der Waals surface area contributed by atoms with Gasteiger partial charge in [-0.3, -0.25) is 0 Å². The highest BCUT2D eigenvalue weighted by Gasteiger charge is 2.23. The molecule has 0 fully saturated rings. The summed E-state index contributed by atoms with van der Waals surface area (Å²) in [6.45, 7) is 7.83. The number of aliphatic hydroxyl groups excluding tert-OH is 2. The van der Waals surface area contributed by atoms with Gasteiger partial charge in [0.05, 0.1) is 12.2 Å². The lowest BCUT2D eigenvalue weighted by molar-refractivity contribution is 0.0127. The van der Waals surface area contributed by atoms with Gasteiger partial charge in [0.15, 0.2) is 0 Å². The first kappa shape index (κ1) is 21.0. The molecule has 6 nitrogen and oxygen atoms in total. The minimum atomic E-state index is -0.405. The molecule has 0 bridgehead atoms. The second-order valence-corrected chi connectivity index (χ2v) is 4.38. The molecule has 0 aromatic rings. The third-order valence-corrected chi connectivity index (χ3v) is 1.97. The Labute approximate surface area is 102 Å². The van der Waals surface area contributed by atoms with Gasteiger partial charge in [-0.25, -0.2) is 20.4 Å². The van der Waals surface area contributed by atoms with Gasteiger partial charge in [-0.1, -0.05) is 27.7 Å². The molecule has 0 aromatic heterocycles. The molecule has 0 saturated heterocycles. The fourth-order valence-electron chi connectivity index (χ4n) is 0.778. The van der Waals surface area contributed by atoms with Crippen molar-refractivity contribution in [1.82, 2.24) is 0 Å². The SMILES string of the molecule is CCC(O)CC(O)C(C)(C)C.N=C=O.N=C=O. The van der Waals surface area contributed by atoms with Crippen LogP contribution in [0.3, 0.4) is 0 Å². The van der Waals surface area contributed by atoms with Crippen LogP contribution >= 0.6 is 0 Å². The van der Waals surface area contributed by atoms with Crippen molar-refractivity contribution in [2.24, 2.45) is 5.41 Å². The largest absolute Gasteiger partial charge is 0.393 e. The number of hydrogen-bond donors (Lipinski definition) is 4. The quantitative estimate of drug-likeness (QED) is 0.443. The van der Waals surface area contributed by atoms with Gasteiger partial charge in [-0.15, -0.1) is 0 Å². The van der Waals surface area contributed by atoms with E-state index in [0.29, 0.717) is 12.8 Å². The summed E-state index contributed by atoms with van der Waals surface area (Å²) in [5, 5.41) is 29.6. The summed E-state index contributed by atoms with van der Waals surface area (Å²) in [6.07, 6.45) is 1.94. The predicted molar refractivity (Wildman–Crippen MR) is 63.2 cm³/mol.